The molecule has 1 fully saturated rings. The fourth-order valence-corrected chi connectivity index (χ4v) is 3.39. The van der Waals surface area contributed by atoms with Crippen LogP contribution in [0.1, 0.15) is 44.7 Å². The van der Waals surface area contributed by atoms with Crippen LogP contribution >= 0.6 is 11.3 Å². The van der Waals surface area contributed by atoms with Gasteiger partial charge >= 0.3 is 0 Å². The lowest BCUT2D eigenvalue weighted by Crippen LogP contribution is -2.38. The highest BCUT2D eigenvalue weighted by atomic mass is 32.1. The van der Waals surface area contributed by atoms with Crippen LogP contribution in [0.15, 0.2) is 16.8 Å². The summed E-state index contributed by atoms with van der Waals surface area (Å²) in [7, 11) is 0. The first-order valence-electron chi connectivity index (χ1n) is 6.80. The first kappa shape index (κ1) is 13.1. The summed E-state index contributed by atoms with van der Waals surface area (Å²) in [4.78, 5) is 2.64. The van der Waals surface area contributed by atoms with Crippen molar-refractivity contribution < 1.29 is 0 Å². The molecule has 1 saturated heterocycles. The second-order valence-corrected chi connectivity index (χ2v) is 5.80. The number of nitrogens with one attached hydrogen (secondary N) is 1. The van der Waals surface area contributed by atoms with E-state index in [-0.39, 0.29) is 0 Å². The molecule has 0 amide bonds. The number of rotatable bonds is 4. The summed E-state index contributed by atoms with van der Waals surface area (Å²) >= 11 is 1.81. The average molecular weight is 252 g/mol. The molecule has 1 aliphatic heterocycles. The minimum absolute atomic E-state index is 0.570. The number of hydrogen-bond acceptors (Lipinski definition) is 3. The molecular weight excluding hydrogens is 228 g/mol. The second kappa shape index (κ2) is 6.53. The van der Waals surface area contributed by atoms with Crippen molar-refractivity contribution in [2.45, 2.75) is 45.2 Å². The molecule has 2 atom stereocenters. The van der Waals surface area contributed by atoms with Gasteiger partial charge in [-0.2, -0.15) is 11.3 Å². The van der Waals surface area contributed by atoms with E-state index in [0.717, 1.165) is 0 Å². The Labute approximate surface area is 109 Å². The third-order valence-corrected chi connectivity index (χ3v) is 4.42. The highest BCUT2D eigenvalue weighted by Crippen LogP contribution is 2.24. The third-order valence-electron chi connectivity index (χ3n) is 3.72. The zero-order chi connectivity index (χ0) is 12.1. The molecule has 0 aromatic carbocycles. The lowest BCUT2D eigenvalue weighted by molar-refractivity contribution is 0.204. The molecule has 0 spiro atoms. The summed E-state index contributed by atoms with van der Waals surface area (Å²) in [5.41, 5.74) is 1.48. The van der Waals surface area contributed by atoms with Crippen LogP contribution in [0, 0.1) is 0 Å². The Morgan fingerprint density at radius 2 is 2.47 bits per heavy atom. The van der Waals surface area contributed by atoms with Gasteiger partial charge in [-0.25, -0.2) is 0 Å². The Balaban J connectivity index is 1.98. The van der Waals surface area contributed by atoms with Gasteiger partial charge in [0.05, 0.1) is 0 Å². The van der Waals surface area contributed by atoms with Crippen molar-refractivity contribution in [3.63, 3.8) is 0 Å². The topological polar surface area (TPSA) is 15.3 Å². The molecule has 1 aromatic heterocycles. The number of thiophene rings is 1. The molecule has 96 valence electrons. The van der Waals surface area contributed by atoms with Gasteiger partial charge in [0.25, 0.3) is 0 Å². The highest BCUT2D eigenvalue weighted by molar-refractivity contribution is 7.07. The maximum absolute atomic E-state index is 3.67. The van der Waals surface area contributed by atoms with Gasteiger partial charge in [-0.15, -0.1) is 0 Å². The van der Waals surface area contributed by atoms with E-state index in [2.05, 4.69) is 40.9 Å². The van der Waals surface area contributed by atoms with Crippen molar-refractivity contribution in [3.8, 4) is 0 Å². The van der Waals surface area contributed by atoms with Gasteiger partial charge in [0.1, 0.15) is 0 Å². The van der Waals surface area contributed by atoms with Crippen LogP contribution < -0.4 is 5.32 Å². The van der Waals surface area contributed by atoms with Crippen LogP contribution in [0.3, 0.4) is 0 Å². The standard InChI is InChI=1S/C14H24N2S/c1-3-5-14-10-16(8-4-7-15-14)12(2)13-6-9-17-11-13/h6,9,11-12,14-15H,3-5,7-8,10H2,1-2H3. The molecule has 0 bridgehead atoms. The molecule has 1 aliphatic rings. The van der Waals surface area contributed by atoms with E-state index in [1.807, 2.05) is 0 Å². The zero-order valence-corrected chi connectivity index (χ0v) is 11.8. The minimum atomic E-state index is 0.570. The lowest BCUT2D eigenvalue weighted by atomic mass is 10.1. The van der Waals surface area contributed by atoms with E-state index in [4.69, 9.17) is 0 Å². The smallest absolute Gasteiger partial charge is 0.0328 e. The van der Waals surface area contributed by atoms with Crippen LogP contribution in [0.4, 0.5) is 0 Å². The van der Waals surface area contributed by atoms with Crippen LogP contribution in [-0.4, -0.2) is 30.6 Å². The van der Waals surface area contributed by atoms with Crippen molar-refractivity contribution in [1.29, 1.82) is 0 Å². The van der Waals surface area contributed by atoms with Gasteiger partial charge in [-0.1, -0.05) is 13.3 Å². The van der Waals surface area contributed by atoms with Gasteiger partial charge in [0.2, 0.25) is 0 Å². The van der Waals surface area contributed by atoms with E-state index in [1.54, 1.807) is 11.3 Å². The van der Waals surface area contributed by atoms with Gasteiger partial charge in [-0.05, 0) is 48.7 Å². The molecule has 2 heterocycles. The Hall–Kier alpha value is -0.380. The van der Waals surface area contributed by atoms with Crippen molar-refractivity contribution in [2.75, 3.05) is 19.6 Å². The summed E-state index contributed by atoms with van der Waals surface area (Å²) in [6.07, 6.45) is 3.85. The van der Waals surface area contributed by atoms with E-state index in [1.165, 1.54) is 44.5 Å². The van der Waals surface area contributed by atoms with Gasteiger partial charge in [0.15, 0.2) is 0 Å². The largest absolute Gasteiger partial charge is 0.313 e. The Morgan fingerprint density at radius 1 is 1.59 bits per heavy atom. The van der Waals surface area contributed by atoms with Crippen molar-refractivity contribution >= 4 is 11.3 Å². The fraction of sp³-hybridized carbons (Fsp3) is 0.714. The molecular formula is C14H24N2S. The van der Waals surface area contributed by atoms with Crippen LogP contribution in [-0.2, 0) is 0 Å². The Kier molecular flexibility index (Phi) is 5.01. The summed E-state index contributed by atoms with van der Waals surface area (Å²) in [6.45, 7) is 8.22. The second-order valence-electron chi connectivity index (χ2n) is 5.02. The average Bonchev–Trinajstić information content (AvgIpc) is 2.76. The van der Waals surface area contributed by atoms with Crippen LogP contribution in [0.2, 0.25) is 0 Å². The Morgan fingerprint density at radius 3 is 3.18 bits per heavy atom. The third kappa shape index (κ3) is 3.54. The van der Waals surface area contributed by atoms with Crippen molar-refractivity contribution in [2.24, 2.45) is 0 Å². The number of hydrogen-bond donors (Lipinski definition) is 1. The monoisotopic (exact) mass is 252 g/mol. The van der Waals surface area contributed by atoms with Crippen molar-refractivity contribution in [1.82, 2.24) is 10.2 Å². The van der Waals surface area contributed by atoms with Gasteiger partial charge in [-0.3, -0.25) is 4.90 Å². The summed E-state index contributed by atoms with van der Waals surface area (Å²) in [5, 5.41) is 8.15. The molecule has 3 heteroatoms. The Bertz CT molecular complexity index is 310. The molecule has 2 unspecified atom stereocenters. The summed E-state index contributed by atoms with van der Waals surface area (Å²) < 4.78 is 0. The predicted octanol–water partition coefficient (Wildman–Crippen LogP) is 3.27. The molecule has 0 radical (unpaired) electrons. The number of nitrogens with zero attached hydrogens (tertiary/aromatic N) is 1. The van der Waals surface area contributed by atoms with Crippen LogP contribution in [0.5, 0.6) is 0 Å². The summed E-state index contributed by atoms with van der Waals surface area (Å²) in [5.74, 6) is 0. The van der Waals surface area contributed by atoms with Gasteiger partial charge < -0.3 is 5.32 Å². The van der Waals surface area contributed by atoms with E-state index in [9.17, 15) is 0 Å². The SMILES string of the molecule is CCCC1CN(C(C)c2ccsc2)CCCN1. The van der Waals surface area contributed by atoms with Crippen molar-refractivity contribution in [3.05, 3.63) is 22.4 Å². The van der Waals surface area contributed by atoms with Gasteiger partial charge in [0, 0.05) is 25.2 Å². The van der Waals surface area contributed by atoms with E-state index >= 15 is 0 Å². The molecule has 0 saturated carbocycles. The zero-order valence-electron chi connectivity index (χ0n) is 11.0. The van der Waals surface area contributed by atoms with Crippen LogP contribution in [0.25, 0.3) is 0 Å². The molecule has 2 nitrogen and oxygen atoms in total. The fourth-order valence-electron chi connectivity index (χ4n) is 2.64. The summed E-state index contributed by atoms with van der Waals surface area (Å²) in [6, 6.07) is 3.52. The molecule has 2 rings (SSSR count). The molecule has 0 aliphatic carbocycles. The molecule has 17 heavy (non-hydrogen) atoms. The predicted molar refractivity (Wildman–Crippen MR) is 75.6 cm³/mol. The first-order valence-corrected chi connectivity index (χ1v) is 7.75. The first-order chi connectivity index (χ1) is 8.31. The minimum Gasteiger partial charge on any atom is -0.313 e. The maximum Gasteiger partial charge on any atom is 0.0328 e. The normalized spacial score (nSPS) is 24.5. The van der Waals surface area contributed by atoms with E-state index in [0.29, 0.717) is 12.1 Å². The van der Waals surface area contributed by atoms with E-state index < -0.39 is 0 Å². The quantitative estimate of drug-likeness (QED) is 0.885. The highest BCUT2D eigenvalue weighted by Gasteiger charge is 2.22. The maximum atomic E-state index is 3.67. The lowest BCUT2D eigenvalue weighted by Gasteiger charge is -2.29. The molecule has 1 N–H and O–H groups in total. The molecule has 1 aromatic rings.